The SMILES string of the molecule is C[C@]12CCC(=O)N1[C@@H](C(=O)OC/C(O)=C(\C#N)c1nc3ccccc3[nH]1)CS2. The number of carbonyl (C=O) groups is 2. The van der Waals surface area contributed by atoms with Crippen molar-refractivity contribution < 1.29 is 19.4 Å². The number of nitrogens with zero attached hydrogens (tertiary/aromatic N) is 3. The molecule has 0 spiro atoms. The number of imidazole rings is 1. The van der Waals surface area contributed by atoms with Crippen molar-refractivity contribution in [3.05, 3.63) is 35.8 Å². The Bertz CT molecular complexity index is 1010. The molecule has 3 heterocycles. The summed E-state index contributed by atoms with van der Waals surface area (Å²) in [5, 5.41) is 19.7. The van der Waals surface area contributed by atoms with Crippen molar-refractivity contribution in [2.75, 3.05) is 12.4 Å². The number of aliphatic hydroxyl groups is 1. The summed E-state index contributed by atoms with van der Waals surface area (Å²) in [7, 11) is 0. The van der Waals surface area contributed by atoms with Gasteiger partial charge in [-0.2, -0.15) is 5.26 Å². The van der Waals surface area contributed by atoms with Crippen molar-refractivity contribution in [1.29, 1.82) is 5.26 Å². The van der Waals surface area contributed by atoms with E-state index in [1.165, 1.54) is 0 Å². The molecule has 0 radical (unpaired) electrons. The number of benzene rings is 1. The van der Waals surface area contributed by atoms with Crippen molar-refractivity contribution in [2.45, 2.75) is 30.7 Å². The highest BCUT2D eigenvalue weighted by Crippen LogP contribution is 2.47. The summed E-state index contributed by atoms with van der Waals surface area (Å²) in [5.41, 5.74) is 1.29. The number of para-hydroxylation sites is 2. The van der Waals surface area contributed by atoms with Gasteiger partial charge in [-0.3, -0.25) is 4.79 Å². The number of aromatic amines is 1. The predicted molar refractivity (Wildman–Crippen MR) is 103 cm³/mol. The minimum absolute atomic E-state index is 0.0609. The van der Waals surface area contributed by atoms with Gasteiger partial charge in [0.1, 0.15) is 24.3 Å². The topological polar surface area (TPSA) is 119 Å². The average Bonchev–Trinajstić information content (AvgIpc) is 3.33. The zero-order valence-electron chi connectivity index (χ0n) is 15.1. The van der Waals surface area contributed by atoms with Crippen molar-refractivity contribution in [2.24, 2.45) is 0 Å². The highest BCUT2D eigenvalue weighted by Gasteiger charge is 2.53. The van der Waals surface area contributed by atoms with Crippen LogP contribution in [0.5, 0.6) is 0 Å². The minimum Gasteiger partial charge on any atom is -0.507 e. The van der Waals surface area contributed by atoms with Gasteiger partial charge in [0.15, 0.2) is 11.6 Å². The van der Waals surface area contributed by atoms with E-state index in [4.69, 9.17) is 4.74 Å². The molecule has 1 amide bonds. The number of carbonyl (C=O) groups excluding carboxylic acids is 2. The first-order chi connectivity index (χ1) is 13.4. The highest BCUT2D eigenvalue weighted by atomic mass is 32.2. The van der Waals surface area contributed by atoms with Crippen LogP contribution in [0.2, 0.25) is 0 Å². The van der Waals surface area contributed by atoms with Crippen molar-refractivity contribution in [3.8, 4) is 6.07 Å². The lowest BCUT2D eigenvalue weighted by molar-refractivity contribution is -0.153. The molecule has 4 rings (SSSR count). The van der Waals surface area contributed by atoms with E-state index in [0.29, 0.717) is 24.1 Å². The van der Waals surface area contributed by atoms with Crippen LogP contribution in [0.1, 0.15) is 25.6 Å². The fourth-order valence-corrected chi connectivity index (χ4v) is 5.05. The van der Waals surface area contributed by atoms with Gasteiger partial charge in [-0.05, 0) is 25.5 Å². The first-order valence-electron chi connectivity index (χ1n) is 8.83. The molecule has 2 aromatic rings. The van der Waals surface area contributed by atoms with E-state index in [-0.39, 0.29) is 22.2 Å². The summed E-state index contributed by atoms with van der Waals surface area (Å²) >= 11 is 1.56. The summed E-state index contributed by atoms with van der Waals surface area (Å²) < 4.78 is 5.22. The zero-order valence-corrected chi connectivity index (χ0v) is 16.0. The van der Waals surface area contributed by atoms with Crippen LogP contribution in [-0.2, 0) is 14.3 Å². The van der Waals surface area contributed by atoms with Crippen LogP contribution in [0.4, 0.5) is 0 Å². The lowest BCUT2D eigenvalue weighted by Gasteiger charge is -2.29. The van der Waals surface area contributed by atoms with Crippen LogP contribution in [0.15, 0.2) is 30.0 Å². The van der Waals surface area contributed by atoms with E-state index in [2.05, 4.69) is 9.97 Å². The van der Waals surface area contributed by atoms with Gasteiger partial charge < -0.3 is 19.7 Å². The van der Waals surface area contributed by atoms with E-state index in [1.54, 1.807) is 28.8 Å². The van der Waals surface area contributed by atoms with Crippen molar-refractivity contribution in [1.82, 2.24) is 14.9 Å². The van der Waals surface area contributed by atoms with Gasteiger partial charge in [0.2, 0.25) is 5.91 Å². The van der Waals surface area contributed by atoms with Gasteiger partial charge in [0, 0.05) is 12.2 Å². The van der Waals surface area contributed by atoms with Gasteiger partial charge in [0.05, 0.1) is 15.9 Å². The highest BCUT2D eigenvalue weighted by molar-refractivity contribution is 8.01. The summed E-state index contributed by atoms with van der Waals surface area (Å²) in [6.45, 7) is 1.49. The van der Waals surface area contributed by atoms with E-state index in [0.717, 1.165) is 5.52 Å². The van der Waals surface area contributed by atoms with E-state index in [1.807, 2.05) is 25.1 Å². The number of aromatic nitrogens is 2. The monoisotopic (exact) mass is 398 g/mol. The number of ether oxygens (including phenoxy) is 1. The second-order valence-corrected chi connectivity index (χ2v) is 8.41. The second kappa shape index (κ2) is 6.87. The van der Waals surface area contributed by atoms with Crippen molar-refractivity contribution >= 4 is 40.2 Å². The number of nitrogens with one attached hydrogen (secondary N) is 1. The smallest absolute Gasteiger partial charge is 0.330 e. The third-order valence-corrected chi connectivity index (χ3v) is 6.60. The molecule has 0 saturated carbocycles. The minimum atomic E-state index is -0.672. The second-order valence-electron chi connectivity index (χ2n) is 6.91. The zero-order chi connectivity index (χ0) is 19.9. The summed E-state index contributed by atoms with van der Waals surface area (Å²) in [5.74, 6) is -0.374. The van der Waals surface area contributed by atoms with Gasteiger partial charge in [-0.25, -0.2) is 9.78 Å². The Labute approximate surface area is 165 Å². The number of aliphatic hydroxyl groups excluding tert-OH is 1. The Balaban J connectivity index is 1.49. The molecule has 2 N–H and O–H groups in total. The number of hydrogen-bond donors (Lipinski definition) is 2. The van der Waals surface area contributed by atoms with E-state index < -0.39 is 24.4 Å². The Morgan fingerprint density at radius 2 is 2.32 bits per heavy atom. The molecule has 2 aliphatic heterocycles. The lowest BCUT2D eigenvalue weighted by Crippen LogP contribution is -2.46. The van der Waals surface area contributed by atoms with Gasteiger partial charge in [0.25, 0.3) is 0 Å². The molecule has 144 valence electrons. The Kier molecular flexibility index (Phi) is 4.51. The molecule has 8 nitrogen and oxygen atoms in total. The summed E-state index contributed by atoms with van der Waals surface area (Å²) in [6, 6.07) is 8.46. The molecule has 0 unspecified atom stereocenters. The Hall–Kier alpha value is -2.99. The number of amides is 1. The fraction of sp³-hybridized carbons (Fsp3) is 0.368. The van der Waals surface area contributed by atoms with Crippen LogP contribution in [0.3, 0.4) is 0 Å². The summed E-state index contributed by atoms with van der Waals surface area (Å²) in [6.07, 6.45) is 1.12. The number of nitriles is 1. The number of fused-ring (bicyclic) bond motifs is 2. The first kappa shape index (κ1) is 18.4. The van der Waals surface area contributed by atoms with Gasteiger partial charge >= 0.3 is 5.97 Å². The maximum atomic E-state index is 12.5. The van der Waals surface area contributed by atoms with Gasteiger partial charge in [-0.1, -0.05) is 12.1 Å². The van der Waals surface area contributed by atoms with E-state index in [9.17, 15) is 20.0 Å². The van der Waals surface area contributed by atoms with Crippen LogP contribution in [0, 0.1) is 11.3 Å². The van der Waals surface area contributed by atoms with E-state index >= 15 is 0 Å². The third kappa shape index (κ3) is 2.99. The van der Waals surface area contributed by atoms with Gasteiger partial charge in [-0.15, -0.1) is 11.8 Å². The van der Waals surface area contributed by atoms with Crippen molar-refractivity contribution in [3.63, 3.8) is 0 Å². The molecule has 2 aliphatic rings. The van der Waals surface area contributed by atoms with Crippen LogP contribution >= 0.6 is 11.8 Å². The Morgan fingerprint density at radius 3 is 3.07 bits per heavy atom. The molecule has 1 aromatic heterocycles. The summed E-state index contributed by atoms with van der Waals surface area (Å²) in [4.78, 5) is 33.1. The molecule has 0 aliphatic carbocycles. The number of allylic oxidation sites excluding steroid dienone is 1. The molecule has 0 bridgehead atoms. The number of thioether (sulfide) groups is 1. The molecule has 1 aromatic carbocycles. The van der Waals surface area contributed by atoms with Crippen LogP contribution < -0.4 is 0 Å². The standard InChI is InChI=1S/C19H18N4O4S/c1-19-7-6-16(25)23(19)14(10-28-19)18(26)27-9-15(24)11(8-20)17-21-12-4-2-3-5-13(12)22-17/h2-5,14,24H,6-7,9-10H2,1H3,(H,21,22)/b15-11-/t14-,19+/m1/s1. The number of esters is 1. The predicted octanol–water partition coefficient (Wildman–Crippen LogP) is 2.35. The normalized spacial score (nSPS) is 24.8. The molecule has 28 heavy (non-hydrogen) atoms. The van der Waals surface area contributed by atoms with Crippen LogP contribution in [0.25, 0.3) is 16.6 Å². The number of rotatable bonds is 4. The quantitative estimate of drug-likeness (QED) is 0.461. The largest absolute Gasteiger partial charge is 0.507 e. The first-order valence-corrected chi connectivity index (χ1v) is 9.81. The number of hydrogen-bond acceptors (Lipinski definition) is 7. The maximum Gasteiger partial charge on any atom is 0.330 e. The molecular weight excluding hydrogens is 380 g/mol. The molecule has 2 atom stereocenters. The van der Waals surface area contributed by atoms with Crippen LogP contribution in [-0.4, -0.2) is 55.1 Å². The number of H-pyrrole nitrogens is 1. The molecule has 9 heteroatoms. The third-order valence-electron chi connectivity index (χ3n) is 5.09. The molecule has 2 saturated heterocycles. The molecular formula is C19H18N4O4S. The molecule has 2 fully saturated rings. The fourth-order valence-electron chi connectivity index (χ4n) is 3.63. The average molecular weight is 398 g/mol. The lowest BCUT2D eigenvalue weighted by atomic mass is 10.2. The Morgan fingerprint density at radius 1 is 1.54 bits per heavy atom. The maximum absolute atomic E-state index is 12.5.